The smallest absolute Gasteiger partial charge is 0.306 e. The Morgan fingerprint density at radius 3 is 0.937 bits per heavy atom. The highest BCUT2D eigenvalue weighted by atomic mass is 16.7. The Morgan fingerprint density at radius 2 is 0.646 bits per heavy atom. The lowest BCUT2D eigenvalue weighted by molar-refractivity contribution is -0.870. The standard InChI is InChI=1S/C70H133NO8/c1-6-8-10-12-14-16-18-20-22-24-26-28-30-32-34-36-38-40-42-44-46-48-50-52-54-56-58-60-67(72)77-64-66(65-78-70(69(74)75)76-63-62-71(3,4)5)79-68(73)61-59-57-55-53-51-49-47-45-43-41-39-37-35-33-31-29-27-25-23-21-19-17-15-13-11-9-7-2/h24-27,66,70H,6-23,28-65H2,1-5H3/b26-24-,27-25-. The Hall–Kier alpha value is -2.23. The number of nitrogens with zero attached hydrogens (tertiary/aromatic N) is 1. The van der Waals surface area contributed by atoms with Crippen molar-refractivity contribution < 1.29 is 42.9 Å². The fraction of sp³-hybridized carbons (Fsp3) is 0.900. The third kappa shape index (κ3) is 63.2. The summed E-state index contributed by atoms with van der Waals surface area (Å²) in [5.41, 5.74) is 0. The van der Waals surface area contributed by atoms with Gasteiger partial charge in [-0.1, -0.05) is 295 Å². The minimum absolute atomic E-state index is 0.151. The summed E-state index contributed by atoms with van der Waals surface area (Å²) in [6.45, 7) is 4.82. The number of unbranched alkanes of at least 4 members (excludes halogenated alkanes) is 46. The molecule has 2 atom stereocenters. The fourth-order valence-corrected chi connectivity index (χ4v) is 10.4. The van der Waals surface area contributed by atoms with Crippen molar-refractivity contribution in [3.05, 3.63) is 24.3 Å². The van der Waals surface area contributed by atoms with E-state index in [1.807, 2.05) is 21.1 Å². The van der Waals surface area contributed by atoms with Gasteiger partial charge < -0.3 is 33.3 Å². The summed E-state index contributed by atoms with van der Waals surface area (Å²) in [6.07, 6.45) is 72.6. The molecule has 0 aromatic heterocycles. The third-order valence-corrected chi connectivity index (χ3v) is 15.7. The van der Waals surface area contributed by atoms with Crippen LogP contribution in [-0.4, -0.2) is 82.3 Å². The average molecular weight is 1120 g/mol. The molecular formula is C70H133NO8. The summed E-state index contributed by atoms with van der Waals surface area (Å²) in [5, 5.41) is 11.8. The van der Waals surface area contributed by atoms with Crippen LogP contribution in [0.25, 0.3) is 0 Å². The van der Waals surface area contributed by atoms with Crippen molar-refractivity contribution >= 4 is 17.9 Å². The van der Waals surface area contributed by atoms with Crippen molar-refractivity contribution in [2.24, 2.45) is 0 Å². The van der Waals surface area contributed by atoms with Crippen LogP contribution in [0.15, 0.2) is 24.3 Å². The zero-order chi connectivity index (χ0) is 57.6. The number of likely N-dealkylation sites (N-methyl/N-ethyl adjacent to an activating group) is 1. The molecule has 0 amide bonds. The van der Waals surface area contributed by atoms with Gasteiger partial charge in [0.1, 0.15) is 13.2 Å². The van der Waals surface area contributed by atoms with Gasteiger partial charge in [0.2, 0.25) is 0 Å². The van der Waals surface area contributed by atoms with Gasteiger partial charge in [-0.15, -0.1) is 0 Å². The highest BCUT2D eigenvalue weighted by molar-refractivity contribution is 5.70. The van der Waals surface area contributed by atoms with Crippen LogP contribution in [0.1, 0.15) is 348 Å². The molecule has 466 valence electrons. The van der Waals surface area contributed by atoms with E-state index in [9.17, 15) is 19.5 Å². The molecule has 0 radical (unpaired) electrons. The van der Waals surface area contributed by atoms with Crippen molar-refractivity contribution in [3.8, 4) is 0 Å². The maximum atomic E-state index is 12.9. The number of esters is 2. The van der Waals surface area contributed by atoms with Crippen molar-refractivity contribution in [2.45, 2.75) is 360 Å². The second-order valence-electron chi connectivity index (χ2n) is 24.8. The predicted octanol–water partition coefficient (Wildman–Crippen LogP) is 19.7. The molecule has 0 aliphatic carbocycles. The number of hydrogen-bond acceptors (Lipinski definition) is 8. The lowest BCUT2D eigenvalue weighted by Crippen LogP contribution is -2.44. The second kappa shape index (κ2) is 61.8. The van der Waals surface area contributed by atoms with E-state index < -0.39 is 24.3 Å². The van der Waals surface area contributed by atoms with E-state index in [1.165, 1.54) is 283 Å². The normalized spacial score (nSPS) is 12.8. The van der Waals surface area contributed by atoms with Crippen LogP contribution in [0, 0.1) is 0 Å². The fourth-order valence-electron chi connectivity index (χ4n) is 10.4. The SMILES string of the molecule is CCCCCCCCCC/C=C\CCCCCCCCCCCCCCCCCC(=O)OCC(COC(OCC[N+](C)(C)C)C(=O)[O-])OC(=O)CCCCCCCCCCCCCCCCC/C=C\CCCCCCCCCC. The largest absolute Gasteiger partial charge is 0.545 e. The van der Waals surface area contributed by atoms with E-state index in [1.54, 1.807) is 0 Å². The predicted molar refractivity (Wildman–Crippen MR) is 334 cm³/mol. The number of allylic oxidation sites excluding steroid dienone is 4. The summed E-state index contributed by atoms with van der Waals surface area (Å²) in [5.74, 6) is -2.25. The minimum atomic E-state index is -1.62. The Bertz CT molecular complexity index is 1340. The summed E-state index contributed by atoms with van der Waals surface area (Å²) < 4.78 is 22.8. The number of aliphatic carboxylic acids is 1. The average Bonchev–Trinajstić information content (AvgIpc) is 3.42. The Morgan fingerprint density at radius 1 is 0.367 bits per heavy atom. The van der Waals surface area contributed by atoms with Gasteiger partial charge in [-0.3, -0.25) is 9.59 Å². The van der Waals surface area contributed by atoms with E-state index in [2.05, 4.69) is 38.2 Å². The molecule has 9 heteroatoms. The highest BCUT2D eigenvalue weighted by Gasteiger charge is 2.22. The van der Waals surface area contributed by atoms with Crippen LogP contribution in [0.4, 0.5) is 0 Å². The summed E-state index contributed by atoms with van der Waals surface area (Å²) in [6, 6.07) is 0. The molecule has 0 aliphatic rings. The zero-order valence-corrected chi connectivity index (χ0v) is 53.3. The van der Waals surface area contributed by atoms with Gasteiger partial charge in [-0.05, 0) is 64.2 Å². The van der Waals surface area contributed by atoms with Gasteiger partial charge in [0.15, 0.2) is 12.4 Å². The number of ether oxygens (including phenoxy) is 4. The lowest BCUT2D eigenvalue weighted by Gasteiger charge is -2.26. The molecule has 0 bridgehead atoms. The molecule has 0 N–H and O–H groups in total. The molecule has 0 heterocycles. The van der Waals surface area contributed by atoms with Crippen molar-refractivity contribution in [2.75, 3.05) is 47.5 Å². The molecule has 0 spiro atoms. The maximum Gasteiger partial charge on any atom is 0.306 e. The van der Waals surface area contributed by atoms with Gasteiger partial charge in [0, 0.05) is 12.8 Å². The quantitative estimate of drug-likeness (QED) is 0.0195. The van der Waals surface area contributed by atoms with Gasteiger partial charge in [0.05, 0.1) is 40.3 Å². The highest BCUT2D eigenvalue weighted by Crippen LogP contribution is 2.18. The molecule has 2 unspecified atom stereocenters. The molecule has 0 saturated heterocycles. The summed E-state index contributed by atoms with van der Waals surface area (Å²) >= 11 is 0. The number of quaternary nitrogens is 1. The van der Waals surface area contributed by atoms with Gasteiger partial charge >= 0.3 is 11.9 Å². The van der Waals surface area contributed by atoms with Gasteiger partial charge in [-0.25, -0.2) is 0 Å². The van der Waals surface area contributed by atoms with Crippen LogP contribution in [0.3, 0.4) is 0 Å². The molecular weight excluding hydrogens is 983 g/mol. The second-order valence-corrected chi connectivity index (χ2v) is 24.8. The molecule has 0 rings (SSSR count). The number of carbonyl (C=O) groups is 3. The maximum absolute atomic E-state index is 12.9. The van der Waals surface area contributed by atoms with E-state index in [0.29, 0.717) is 17.4 Å². The van der Waals surface area contributed by atoms with Gasteiger partial charge in [-0.2, -0.15) is 0 Å². The van der Waals surface area contributed by atoms with Crippen molar-refractivity contribution in [3.63, 3.8) is 0 Å². The first kappa shape index (κ1) is 76.8. The Balaban J connectivity index is 4.09. The molecule has 0 aromatic carbocycles. The zero-order valence-electron chi connectivity index (χ0n) is 53.3. The lowest BCUT2D eigenvalue weighted by atomic mass is 10.0. The number of carboxylic acids is 1. The van der Waals surface area contributed by atoms with Crippen LogP contribution < -0.4 is 5.11 Å². The topological polar surface area (TPSA) is 111 Å². The Labute approximate surface area is 490 Å². The molecule has 9 nitrogen and oxygen atoms in total. The molecule has 79 heavy (non-hydrogen) atoms. The first-order valence-electron chi connectivity index (χ1n) is 34.5. The Kier molecular flexibility index (Phi) is 60.1. The van der Waals surface area contributed by atoms with Crippen LogP contribution >= 0.6 is 0 Å². The monoisotopic (exact) mass is 1120 g/mol. The van der Waals surface area contributed by atoms with E-state index in [4.69, 9.17) is 18.9 Å². The molecule has 0 fully saturated rings. The number of rotatable bonds is 65. The number of carbonyl (C=O) groups excluding carboxylic acids is 3. The first-order valence-corrected chi connectivity index (χ1v) is 34.5. The van der Waals surface area contributed by atoms with E-state index in [-0.39, 0.29) is 32.2 Å². The summed E-state index contributed by atoms with van der Waals surface area (Å²) in [7, 11) is 5.94. The number of hydrogen-bond donors (Lipinski definition) is 0. The van der Waals surface area contributed by atoms with E-state index in [0.717, 1.165) is 38.5 Å². The minimum Gasteiger partial charge on any atom is -0.545 e. The van der Waals surface area contributed by atoms with Crippen LogP contribution in [0.2, 0.25) is 0 Å². The van der Waals surface area contributed by atoms with Crippen molar-refractivity contribution in [1.82, 2.24) is 0 Å². The van der Waals surface area contributed by atoms with Gasteiger partial charge in [0.25, 0.3) is 0 Å². The third-order valence-electron chi connectivity index (χ3n) is 15.7. The van der Waals surface area contributed by atoms with Crippen molar-refractivity contribution in [1.29, 1.82) is 0 Å². The van der Waals surface area contributed by atoms with Crippen LogP contribution in [0.5, 0.6) is 0 Å². The van der Waals surface area contributed by atoms with Crippen LogP contribution in [-0.2, 0) is 33.3 Å². The number of carboxylic acid groups (broad SMARTS) is 1. The molecule has 0 aromatic rings. The summed E-state index contributed by atoms with van der Waals surface area (Å²) in [4.78, 5) is 37.5. The first-order chi connectivity index (χ1) is 38.6. The van der Waals surface area contributed by atoms with E-state index >= 15 is 0 Å². The molecule has 0 saturated carbocycles. The molecule has 0 aliphatic heterocycles.